The molecule has 1 aliphatic heterocycles. The summed E-state index contributed by atoms with van der Waals surface area (Å²) >= 11 is 0. The molecular weight excluding hydrogens is 270 g/mol. The summed E-state index contributed by atoms with van der Waals surface area (Å²) in [5.74, 6) is 0.370. The number of aliphatic hydroxyl groups excluding tert-OH is 1. The zero-order valence-electron chi connectivity index (χ0n) is 12.9. The van der Waals surface area contributed by atoms with Crippen LogP contribution in [0.15, 0.2) is 18.2 Å². The fourth-order valence-corrected chi connectivity index (χ4v) is 2.48. The minimum atomic E-state index is -0.803. The number of nitrogens with two attached hydrogens (primary N) is 1. The van der Waals surface area contributed by atoms with Crippen molar-refractivity contribution in [1.82, 2.24) is 0 Å². The summed E-state index contributed by atoms with van der Waals surface area (Å²) in [6.45, 7) is 7.22. The lowest BCUT2D eigenvalue weighted by molar-refractivity contribution is -0.146. The molecule has 0 saturated carbocycles. The number of hydrogen-bond donors (Lipinski definition) is 2. The van der Waals surface area contributed by atoms with E-state index >= 15 is 0 Å². The van der Waals surface area contributed by atoms with Gasteiger partial charge in [-0.3, -0.25) is 4.79 Å². The number of rotatable bonds is 3. The predicted octanol–water partition coefficient (Wildman–Crippen LogP) is 1.71. The van der Waals surface area contributed by atoms with Crippen LogP contribution in [0.4, 0.5) is 0 Å². The van der Waals surface area contributed by atoms with Gasteiger partial charge >= 0.3 is 5.97 Å². The molecule has 0 aliphatic carbocycles. The molecule has 0 saturated heterocycles. The molecule has 116 valence electrons. The van der Waals surface area contributed by atoms with Gasteiger partial charge in [0.15, 0.2) is 0 Å². The monoisotopic (exact) mass is 293 g/mol. The average molecular weight is 293 g/mol. The van der Waals surface area contributed by atoms with Gasteiger partial charge in [-0.25, -0.2) is 0 Å². The van der Waals surface area contributed by atoms with Crippen LogP contribution in [0.3, 0.4) is 0 Å². The predicted molar refractivity (Wildman–Crippen MR) is 79.0 cm³/mol. The van der Waals surface area contributed by atoms with Crippen molar-refractivity contribution in [3.8, 4) is 5.75 Å². The van der Waals surface area contributed by atoms with Crippen LogP contribution >= 0.6 is 0 Å². The van der Waals surface area contributed by atoms with E-state index in [1.165, 1.54) is 0 Å². The lowest BCUT2D eigenvalue weighted by Crippen LogP contribution is -2.51. The fourth-order valence-electron chi connectivity index (χ4n) is 2.48. The minimum Gasteiger partial charge on any atom is -0.485 e. The molecule has 1 aromatic carbocycles. The number of carbonyl (C=O) groups excluding carboxylic acids is 1. The van der Waals surface area contributed by atoms with E-state index in [0.29, 0.717) is 5.75 Å². The number of hydrogen-bond acceptors (Lipinski definition) is 5. The first-order chi connectivity index (χ1) is 9.70. The summed E-state index contributed by atoms with van der Waals surface area (Å²) in [6.07, 6.45) is -0.760. The Hall–Kier alpha value is -1.59. The number of esters is 1. The Balaban J connectivity index is 2.22. The molecule has 1 aliphatic rings. The second-order valence-electron chi connectivity index (χ2n) is 6.26. The molecule has 0 aromatic heterocycles. The third-order valence-corrected chi connectivity index (χ3v) is 3.57. The summed E-state index contributed by atoms with van der Waals surface area (Å²) in [4.78, 5) is 11.7. The van der Waals surface area contributed by atoms with E-state index in [4.69, 9.17) is 15.2 Å². The van der Waals surface area contributed by atoms with Crippen molar-refractivity contribution < 1.29 is 19.4 Å². The maximum absolute atomic E-state index is 11.7. The molecule has 1 aromatic rings. The van der Waals surface area contributed by atoms with Crippen LogP contribution in [-0.2, 0) is 16.0 Å². The van der Waals surface area contributed by atoms with E-state index in [9.17, 15) is 9.90 Å². The first-order valence-corrected chi connectivity index (χ1v) is 7.15. The van der Waals surface area contributed by atoms with Crippen LogP contribution < -0.4 is 10.5 Å². The zero-order valence-corrected chi connectivity index (χ0v) is 12.9. The van der Waals surface area contributed by atoms with E-state index in [1.54, 1.807) is 26.0 Å². The van der Waals surface area contributed by atoms with E-state index in [0.717, 1.165) is 11.1 Å². The van der Waals surface area contributed by atoms with Gasteiger partial charge in [0.2, 0.25) is 0 Å². The Morgan fingerprint density at radius 2 is 2.14 bits per heavy atom. The first kappa shape index (κ1) is 15.8. The second kappa shape index (κ2) is 5.66. The van der Waals surface area contributed by atoms with Gasteiger partial charge in [-0.1, -0.05) is 6.07 Å². The van der Waals surface area contributed by atoms with Crippen LogP contribution in [-0.4, -0.2) is 28.9 Å². The van der Waals surface area contributed by atoms with Gasteiger partial charge in [0.25, 0.3) is 0 Å². The smallest absolute Gasteiger partial charge is 0.310 e. The number of ether oxygens (including phenoxy) is 2. The molecule has 0 fully saturated rings. The Morgan fingerprint density at radius 3 is 2.76 bits per heavy atom. The summed E-state index contributed by atoms with van der Waals surface area (Å²) in [6, 6.07) is 4.88. The normalized spacial score (nSPS) is 23.4. The highest BCUT2D eigenvalue weighted by molar-refractivity contribution is 5.73. The van der Waals surface area contributed by atoms with Gasteiger partial charge in [-0.05, 0) is 45.4 Å². The van der Waals surface area contributed by atoms with Crippen molar-refractivity contribution in [2.45, 2.75) is 58.0 Å². The quantitative estimate of drug-likeness (QED) is 0.829. The van der Waals surface area contributed by atoms with Crippen LogP contribution in [0.25, 0.3) is 0 Å². The number of fused-ring (bicyclic) bond motifs is 1. The van der Waals surface area contributed by atoms with Crippen molar-refractivity contribution in [1.29, 1.82) is 0 Å². The fraction of sp³-hybridized carbons (Fsp3) is 0.562. The Morgan fingerprint density at radius 1 is 1.48 bits per heavy atom. The minimum absolute atomic E-state index is 0.136. The maximum Gasteiger partial charge on any atom is 0.310 e. The molecule has 0 amide bonds. The summed E-state index contributed by atoms with van der Waals surface area (Å²) in [5, 5.41) is 10.2. The summed E-state index contributed by atoms with van der Waals surface area (Å²) < 4.78 is 10.9. The lowest BCUT2D eigenvalue weighted by Gasteiger charge is -2.40. The van der Waals surface area contributed by atoms with Gasteiger partial charge in [-0.2, -0.15) is 0 Å². The highest BCUT2D eigenvalue weighted by Gasteiger charge is 2.41. The first-order valence-electron chi connectivity index (χ1n) is 7.15. The van der Waals surface area contributed by atoms with E-state index < -0.39 is 17.7 Å². The van der Waals surface area contributed by atoms with E-state index in [1.807, 2.05) is 19.9 Å². The lowest BCUT2D eigenvalue weighted by atomic mass is 9.86. The standard InChI is InChI=1S/C16H23NO4/c1-9(2)20-13(18)8-10-5-6-12-11(7-10)14(17)15(19)16(3,4)21-12/h5-7,9,14-15,19H,8,17H2,1-4H3. The van der Waals surface area contributed by atoms with Gasteiger partial charge in [0, 0.05) is 5.56 Å². The largest absolute Gasteiger partial charge is 0.485 e. The van der Waals surface area contributed by atoms with Crippen LogP contribution in [0.5, 0.6) is 5.75 Å². The van der Waals surface area contributed by atoms with Gasteiger partial charge in [0.05, 0.1) is 18.6 Å². The Kier molecular flexibility index (Phi) is 4.25. The third kappa shape index (κ3) is 3.36. The van der Waals surface area contributed by atoms with Crippen LogP contribution in [0.1, 0.15) is 44.9 Å². The third-order valence-electron chi connectivity index (χ3n) is 3.57. The van der Waals surface area contributed by atoms with E-state index in [2.05, 4.69) is 0 Å². The van der Waals surface area contributed by atoms with Crippen molar-refractivity contribution in [2.75, 3.05) is 0 Å². The van der Waals surface area contributed by atoms with Gasteiger partial charge < -0.3 is 20.3 Å². The molecule has 21 heavy (non-hydrogen) atoms. The SMILES string of the molecule is CC(C)OC(=O)Cc1ccc2c(c1)C(N)C(O)C(C)(C)O2. The molecule has 0 spiro atoms. The molecule has 2 rings (SSSR count). The Bertz CT molecular complexity index is 539. The Labute approximate surface area is 125 Å². The van der Waals surface area contributed by atoms with Crippen molar-refractivity contribution in [3.63, 3.8) is 0 Å². The molecule has 0 bridgehead atoms. The van der Waals surface area contributed by atoms with Crippen LogP contribution in [0.2, 0.25) is 0 Å². The average Bonchev–Trinajstić information content (AvgIpc) is 2.36. The molecule has 2 atom stereocenters. The van der Waals surface area contributed by atoms with E-state index in [-0.39, 0.29) is 18.5 Å². The molecule has 5 heteroatoms. The summed E-state index contributed by atoms with van der Waals surface area (Å²) in [5.41, 5.74) is 6.88. The maximum atomic E-state index is 11.7. The molecule has 1 heterocycles. The van der Waals surface area contributed by atoms with Crippen LogP contribution in [0, 0.1) is 0 Å². The van der Waals surface area contributed by atoms with Crippen molar-refractivity contribution >= 4 is 5.97 Å². The molecule has 3 N–H and O–H groups in total. The number of benzene rings is 1. The van der Waals surface area contributed by atoms with Crippen molar-refractivity contribution in [3.05, 3.63) is 29.3 Å². The highest BCUT2D eigenvalue weighted by atomic mass is 16.5. The topological polar surface area (TPSA) is 81.8 Å². The molecular formula is C16H23NO4. The van der Waals surface area contributed by atoms with Crippen molar-refractivity contribution in [2.24, 2.45) is 5.73 Å². The van der Waals surface area contributed by atoms with Gasteiger partial charge in [0.1, 0.15) is 17.5 Å². The molecule has 2 unspecified atom stereocenters. The number of carbonyl (C=O) groups is 1. The second-order valence-corrected chi connectivity index (χ2v) is 6.26. The summed E-state index contributed by atoms with van der Waals surface area (Å²) in [7, 11) is 0. The highest BCUT2D eigenvalue weighted by Crippen LogP contribution is 2.38. The molecule has 0 radical (unpaired) electrons. The molecule has 5 nitrogen and oxygen atoms in total. The zero-order chi connectivity index (χ0) is 15.8. The van der Waals surface area contributed by atoms with Gasteiger partial charge in [-0.15, -0.1) is 0 Å². The number of aliphatic hydroxyl groups is 1.